The molecule has 1 radical (unpaired) electrons. The molecule has 0 unspecified atom stereocenters. The van der Waals surface area contributed by atoms with Crippen LogP contribution < -0.4 is 0 Å². The molecule has 0 aromatic carbocycles. The Labute approximate surface area is 49.5 Å². The Morgan fingerprint density at radius 1 is 1.75 bits per heavy atom. The van der Waals surface area contributed by atoms with E-state index in [0.29, 0.717) is 0 Å². The van der Waals surface area contributed by atoms with E-state index in [1.807, 2.05) is 7.05 Å². The fraction of sp³-hybridized carbons (Fsp3) is 0.667. The van der Waals surface area contributed by atoms with Crippen molar-refractivity contribution < 1.29 is 4.79 Å². The van der Waals surface area contributed by atoms with Crippen molar-refractivity contribution in [2.75, 3.05) is 13.6 Å². The van der Waals surface area contributed by atoms with Gasteiger partial charge in [0.25, 0.3) is 0 Å². The number of piperidine rings is 1. The van der Waals surface area contributed by atoms with E-state index < -0.39 is 0 Å². The first-order chi connectivity index (χ1) is 3.80. The van der Waals surface area contributed by atoms with Gasteiger partial charge in [0, 0.05) is 20.0 Å². The van der Waals surface area contributed by atoms with Crippen LogP contribution >= 0.6 is 0 Å². The molecule has 0 spiro atoms. The van der Waals surface area contributed by atoms with E-state index in [0.717, 1.165) is 19.4 Å². The maximum absolute atomic E-state index is 10.7. The molecule has 2 heteroatoms. The third-order valence-corrected chi connectivity index (χ3v) is 1.39. The molecule has 0 atom stereocenters. The third-order valence-electron chi connectivity index (χ3n) is 1.39. The molecule has 0 saturated carbocycles. The van der Waals surface area contributed by atoms with Crippen molar-refractivity contribution in [2.45, 2.75) is 12.8 Å². The first-order valence-electron chi connectivity index (χ1n) is 2.89. The van der Waals surface area contributed by atoms with Crippen molar-refractivity contribution in [2.24, 2.45) is 0 Å². The lowest BCUT2D eigenvalue weighted by Crippen LogP contribution is -2.31. The minimum absolute atomic E-state index is 0.177. The highest BCUT2D eigenvalue weighted by atomic mass is 16.2. The van der Waals surface area contributed by atoms with Gasteiger partial charge < -0.3 is 4.90 Å². The van der Waals surface area contributed by atoms with Gasteiger partial charge in [-0.05, 0) is 12.8 Å². The number of nitrogens with zero attached hydrogens (tertiary/aromatic N) is 1. The monoisotopic (exact) mass is 112 g/mol. The van der Waals surface area contributed by atoms with Crippen LogP contribution in [0.25, 0.3) is 0 Å². The highest BCUT2D eigenvalue weighted by Gasteiger charge is 2.12. The number of hydrogen-bond acceptors (Lipinski definition) is 1. The standard InChI is InChI=1S/C6H10NO/c1-7-5-3-2-4-6(7)8/h4H,2-3,5H2,1H3. The SMILES string of the molecule is CN1CCC[CH]C1=O. The minimum atomic E-state index is 0.177. The van der Waals surface area contributed by atoms with Gasteiger partial charge in [0.15, 0.2) is 0 Å². The largest absolute Gasteiger partial charge is 0.346 e. The van der Waals surface area contributed by atoms with Gasteiger partial charge in [-0.25, -0.2) is 0 Å². The number of carbonyl (C=O) groups is 1. The average molecular weight is 112 g/mol. The van der Waals surface area contributed by atoms with Crippen molar-refractivity contribution in [3.05, 3.63) is 6.42 Å². The summed E-state index contributed by atoms with van der Waals surface area (Å²) in [6.45, 7) is 0.926. The molecular weight excluding hydrogens is 102 g/mol. The Kier molecular flexibility index (Phi) is 1.51. The molecular formula is C6H10NO. The number of carbonyl (C=O) groups excluding carboxylic acids is 1. The Hall–Kier alpha value is -0.530. The normalized spacial score (nSPS) is 21.6. The van der Waals surface area contributed by atoms with Crippen LogP contribution in [-0.4, -0.2) is 24.4 Å². The van der Waals surface area contributed by atoms with Crippen molar-refractivity contribution in [3.8, 4) is 0 Å². The Morgan fingerprint density at radius 3 is 2.88 bits per heavy atom. The second kappa shape index (κ2) is 2.16. The summed E-state index contributed by atoms with van der Waals surface area (Å²) < 4.78 is 0. The summed E-state index contributed by atoms with van der Waals surface area (Å²) in [5.74, 6) is 0.177. The molecule has 45 valence electrons. The predicted octanol–water partition coefficient (Wildman–Crippen LogP) is 0.443. The van der Waals surface area contributed by atoms with E-state index in [-0.39, 0.29) is 5.91 Å². The summed E-state index contributed by atoms with van der Waals surface area (Å²) in [4.78, 5) is 12.4. The summed E-state index contributed by atoms with van der Waals surface area (Å²) in [6, 6.07) is 0. The fourth-order valence-corrected chi connectivity index (χ4v) is 0.820. The van der Waals surface area contributed by atoms with Crippen molar-refractivity contribution in [3.63, 3.8) is 0 Å². The highest BCUT2D eigenvalue weighted by molar-refractivity contribution is 5.85. The number of likely N-dealkylation sites (tertiary alicyclic amines) is 1. The Balaban J connectivity index is 2.39. The van der Waals surface area contributed by atoms with E-state index in [1.165, 1.54) is 0 Å². The molecule has 1 rings (SSSR count). The third kappa shape index (κ3) is 0.997. The number of amides is 1. The molecule has 1 saturated heterocycles. The van der Waals surface area contributed by atoms with Crippen LogP contribution in [-0.2, 0) is 4.79 Å². The van der Waals surface area contributed by atoms with Gasteiger partial charge in [-0.2, -0.15) is 0 Å². The van der Waals surface area contributed by atoms with Gasteiger partial charge in [-0.15, -0.1) is 0 Å². The fourth-order valence-electron chi connectivity index (χ4n) is 0.820. The van der Waals surface area contributed by atoms with Crippen molar-refractivity contribution >= 4 is 5.91 Å². The maximum Gasteiger partial charge on any atom is 0.226 e. The lowest BCUT2D eigenvalue weighted by molar-refractivity contribution is -0.127. The van der Waals surface area contributed by atoms with Crippen LogP contribution in [0.1, 0.15) is 12.8 Å². The van der Waals surface area contributed by atoms with Crippen LogP contribution in [0.4, 0.5) is 0 Å². The zero-order chi connectivity index (χ0) is 5.98. The molecule has 0 aromatic heterocycles. The summed E-state index contributed by atoms with van der Waals surface area (Å²) in [5, 5.41) is 0. The molecule has 1 fully saturated rings. The first-order valence-corrected chi connectivity index (χ1v) is 2.89. The van der Waals surface area contributed by atoms with Crippen LogP contribution in [0.2, 0.25) is 0 Å². The zero-order valence-corrected chi connectivity index (χ0v) is 5.05. The van der Waals surface area contributed by atoms with E-state index >= 15 is 0 Å². The smallest absolute Gasteiger partial charge is 0.226 e. The van der Waals surface area contributed by atoms with E-state index in [9.17, 15) is 4.79 Å². The van der Waals surface area contributed by atoms with E-state index in [4.69, 9.17) is 0 Å². The van der Waals surface area contributed by atoms with Crippen LogP contribution in [0.15, 0.2) is 0 Å². The molecule has 1 heterocycles. The van der Waals surface area contributed by atoms with Gasteiger partial charge >= 0.3 is 0 Å². The molecule has 2 nitrogen and oxygen atoms in total. The molecule has 0 bridgehead atoms. The van der Waals surface area contributed by atoms with Crippen LogP contribution in [0, 0.1) is 6.42 Å². The Morgan fingerprint density at radius 2 is 2.50 bits per heavy atom. The zero-order valence-electron chi connectivity index (χ0n) is 5.05. The summed E-state index contributed by atoms with van der Waals surface area (Å²) in [5.41, 5.74) is 0. The Bertz CT molecular complexity index is 101. The highest BCUT2D eigenvalue weighted by Crippen LogP contribution is 2.05. The number of hydrogen-bond donors (Lipinski definition) is 0. The van der Waals surface area contributed by atoms with Crippen molar-refractivity contribution in [1.29, 1.82) is 0 Å². The second-order valence-electron chi connectivity index (χ2n) is 2.11. The summed E-state index contributed by atoms with van der Waals surface area (Å²) in [7, 11) is 1.83. The second-order valence-corrected chi connectivity index (χ2v) is 2.11. The lowest BCUT2D eigenvalue weighted by Gasteiger charge is -2.20. The van der Waals surface area contributed by atoms with Gasteiger partial charge in [0.05, 0.1) is 0 Å². The maximum atomic E-state index is 10.7. The van der Waals surface area contributed by atoms with E-state index in [2.05, 4.69) is 0 Å². The number of rotatable bonds is 0. The topological polar surface area (TPSA) is 20.3 Å². The molecule has 0 aliphatic carbocycles. The van der Waals surface area contributed by atoms with Gasteiger partial charge in [-0.1, -0.05) is 0 Å². The molecule has 1 aliphatic heterocycles. The van der Waals surface area contributed by atoms with Crippen LogP contribution in [0.5, 0.6) is 0 Å². The van der Waals surface area contributed by atoms with Gasteiger partial charge in [-0.3, -0.25) is 4.79 Å². The van der Waals surface area contributed by atoms with E-state index in [1.54, 1.807) is 11.3 Å². The molecule has 8 heavy (non-hydrogen) atoms. The quantitative estimate of drug-likeness (QED) is 0.445. The molecule has 1 amide bonds. The minimum Gasteiger partial charge on any atom is -0.346 e. The predicted molar refractivity (Wildman–Crippen MR) is 31.2 cm³/mol. The molecule has 0 N–H and O–H groups in total. The van der Waals surface area contributed by atoms with Crippen molar-refractivity contribution in [1.82, 2.24) is 4.90 Å². The average Bonchev–Trinajstić information content (AvgIpc) is 1.77. The van der Waals surface area contributed by atoms with Gasteiger partial charge in [0.1, 0.15) is 0 Å². The van der Waals surface area contributed by atoms with Gasteiger partial charge in [0.2, 0.25) is 5.91 Å². The van der Waals surface area contributed by atoms with Crippen LogP contribution in [0.3, 0.4) is 0 Å². The molecule has 0 aromatic rings. The molecule has 1 aliphatic rings. The lowest BCUT2D eigenvalue weighted by atomic mass is 10.1. The summed E-state index contributed by atoms with van der Waals surface area (Å²) >= 11 is 0. The summed E-state index contributed by atoms with van der Waals surface area (Å²) in [6.07, 6.45) is 3.83. The first kappa shape index (κ1) is 5.60.